The fourth-order valence-electron chi connectivity index (χ4n) is 2.13. The van der Waals surface area contributed by atoms with Gasteiger partial charge < -0.3 is 4.42 Å². The van der Waals surface area contributed by atoms with Crippen LogP contribution >= 0.6 is 11.3 Å². The van der Waals surface area contributed by atoms with Gasteiger partial charge in [-0.2, -0.15) is 0 Å². The smallest absolute Gasteiger partial charge is 0.305 e. The molecule has 0 saturated carbocycles. The molecule has 0 fully saturated rings. The van der Waals surface area contributed by atoms with E-state index < -0.39 is 28.4 Å². The molecular formula is C16H22N4O5S2. The van der Waals surface area contributed by atoms with E-state index in [1.54, 1.807) is 17.5 Å². The number of hydrogen-bond donors (Lipinski definition) is 3. The lowest BCUT2D eigenvalue weighted by Gasteiger charge is -2.15. The molecular weight excluding hydrogens is 392 g/mol. The third-order valence-electron chi connectivity index (χ3n) is 3.66. The normalized spacial score (nSPS) is 11.5. The summed E-state index contributed by atoms with van der Waals surface area (Å²) in [5.74, 6) is -0.649. The van der Waals surface area contributed by atoms with Crippen molar-refractivity contribution in [3.05, 3.63) is 41.2 Å². The molecule has 0 aliphatic heterocycles. The maximum Gasteiger partial charge on any atom is 0.305 e. The fraction of sp³-hybridized carbons (Fsp3) is 0.375. The van der Waals surface area contributed by atoms with Crippen LogP contribution in [0.5, 0.6) is 0 Å². The van der Waals surface area contributed by atoms with Gasteiger partial charge in [-0.25, -0.2) is 13.1 Å². The highest BCUT2D eigenvalue weighted by Gasteiger charge is 2.17. The molecule has 3 N–H and O–H groups in total. The quantitative estimate of drug-likeness (QED) is 0.525. The van der Waals surface area contributed by atoms with E-state index in [0.717, 1.165) is 24.4 Å². The number of nitrogens with one attached hydrogen (secondary N) is 3. The lowest BCUT2D eigenvalue weighted by Crippen LogP contribution is -2.46. The van der Waals surface area contributed by atoms with E-state index in [1.807, 2.05) is 13.8 Å². The second-order valence-electron chi connectivity index (χ2n) is 5.49. The first kappa shape index (κ1) is 21.1. The SMILES string of the molecule is CCN(CC)Cc1ccc(C(=O)NNC(=O)CNS(=O)(=O)c2cccs2)o1. The Balaban J connectivity index is 1.80. The maximum absolute atomic E-state index is 12.0. The average molecular weight is 415 g/mol. The number of rotatable bonds is 9. The Morgan fingerprint density at radius 1 is 1.15 bits per heavy atom. The van der Waals surface area contributed by atoms with Crippen molar-refractivity contribution >= 4 is 33.2 Å². The molecule has 2 amide bonds. The van der Waals surface area contributed by atoms with Crippen molar-refractivity contribution in [3.8, 4) is 0 Å². The predicted molar refractivity (Wildman–Crippen MR) is 100 cm³/mol. The Morgan fingerprint density at radius 3 is 2.52 bits per heavy atom. The highest BCUT2D eigenvalue weighted by Crippen LogP contribution is 2.14. The molecule has 0 aliphatic carbocycles. The molecule has 0 aromatic carbocycles. The van der Waals surface area contributed by atoms with Crippen LogP contribution in [0.15, 0.2) is 38.3 Å². The van der Waals surface area contributed by atoms with Gasteiger partial charge in [0.15, 0.2) is 5.76 Å². The largest absolute Gasteiger partial charge is 0.454 e. The van der Waals surface area contributed by atoms with E-state index in [4.69, 9.17) is 4.42 Å². The summed E-state index contributed by atoms with van der Waals surface area (Å²) in [7, 11) is -3.74. The number of thiophene rings is 1. The highest BCUT2D eigenvalue weighted by atomic mass is 32.2. The Hall–Kier alpha value is -2.21. The Bertz CT molecular complexity index is 857. The minimum Gasteiger partial charge on any atom is -0.454 e. The van der Waals surface area contributed by atoms with Gasteiger partial charge in [-0.15, -0.1) is 11.3 Å². The molecule has 2 aromatic rings. The molecule has 0 atom stereocenters. The summed E-state index contributed by atoms with van der Waals surface area (Å²) in [6.45, 7) is 5.85. The molecule has 9 nitrogen and oxygen atoms in total. The van der Waals surface area contributed by atoms with Crippen LogP contribution in [0.2, 0.25) is 0 Å². The molecule has 11 heteroatoms. The molecule has 0 saturated heterocycles. The minimum absolute atomic E-state index is 0.0524. The molecule has 0 bridgehead atoms. The first-order valence-corrected chi connectivity index (χ1v) is 10.7. The minimum atomic E-state index is -3.74. The number of hydrazine groups is 1. The van der Waals surface area contributed by atoms with Crippen LogP contribution in [-0.4, -0.2) is 44.8 Å². The van der Waals surface area contributed by atoms with Gasteiger partial charge in [0.2, 0.25) is 0 Å². The highest BCUT2D eigenvalue weighted by molar-refractivity contribution is 7.91. The van der Waals surface area contributed by atoms with Gasteiger partial charge in [-0.1, -0.05) is 19.9 Å². The van der Waals surface area contributed by atoms with Gasteiger partial charge in [-0.3, -0.25) is 25.3 Å². The molecule has 0 aliphatic rings. The number of hydrogen-bond acceptors (Lipinski definition) is 7. The van der Waals surface area contributed by atoms with E-state index >= 15 is 0 Å². The summed E-state index contributed by atoms with van der Waals surface area (Å²) in [6, 6.07) is 6.24. The Kier molecular flexibility index (Phi) is 7.54. The molecule has 0 spiro atoms. The molecule has 27 heavy (non-hydrogen) atoms. The molecule has 2 aromatic heterocycles. The number of amides is 2. The molecule has 0 radical (unpaired) electrons. The first-order chi connectivity index (χ1) is 12.9. The fourth-order valence-corrected chi connectivity index (χ4v) is 4.15. The van der Waals surface area contributed by atoms with Gasteiger partial charge in [0, 0.05) is 0 Å². The third-order valence-corrected chi connectivity index (χ3v) is 6.46. The van der Waals surface area contributed by atoms with Gasteiger partial charge in [-0.05, 0) is 36.7 Å². The molecule has 2 rings (SSSR count). The second kappa shape index (κ2) is 9.65. The number of carbonyl (C=O) groups excluding carboxylic acids is 2. The van der Waals surface area contributed by atoms with Gasteiger partial charge in [0.25, 0.3) is 15.9 Å². The topological polar surface area (TPSA) is 121 Å². The summed E-state index contributed by atoms with van der Waals surface area (Å²) < 4.78 is 31.5. The average Bonchev–Trinajstić information content (AvgIpc) is 3.34. The monoisotopic (exact) mass is 414 g/mol. The van der Waals surface area contributed by atoms with E-state index in [0.29, 0.717) is 12.3 Å². The van der Waals surface area contributed by atoms with Crippen LogP contribution in [-0.2, 0) is 21.4 Å². The Labute approximate surface area is 161 Å². The van der Waals surface area contributed by atoms with Crippen LogP contribution in [0.3, 0.4) is 0 Å². The van der Waals surface area contributed by atoms with E-state index in [1.165, 1.54) is 12.1 Å². The van der Waals surface area contributed by atoms with Crippen molar-refractivity contribution in [3.63, 3.8) is 0 Å². The van der Waals surface area contributed by atoms with Gasteiger partial charge in [0.1, 0.15) is 9.97 Å². The predicted octanol–water partition coefficient (Wildman–Crippen LogP) is 0.922. The van der Waals surface area contributed by atoms with Crippen LogP contribution in [0.1, 0.15) is 30.2 Å². The number of furan rings is 1. The standard InChI is InChI=1S/C16H22N4O5S2/c1-3-20(4-2)11-12-7-8-13(25-12)16(22)19-18-14(21)10-17-27(23,24)15-6-5-9-26-15/h5-9,17H,3-4,10-11H2,1-2H3,(H,18,21)(H,19,22). The van der Waals surface area contributed by atoms with Crippen molar-refractivity contribution < 1.29 is 22.4 Å². The van der Waals surface area contributed by atoms with Gasteiger partial charge >= 0.3 is 5.91 Å². The summed E-state index contributed by atoms with van der Waals surface area (Å²) in [5.41, 5.74) is 4.33. The first-order valence-electron chi connectivity index (χ1n) is 8.29. The summed E-state index contributed by atoms with van der Waals surface area (Å²) >= 11 is 1.04. The number of sulfonamides is 1. The van der Waals surface area contributed by atoms with Crippen molar-refractivity contribution in [1.82, 2.24) is 20.5 Å². The van der Waals surface area contributed by atoms with Crippen molar-refractivity contribution in [2.75, 3.05) is 19.6 Å². The molecule has 2 heterocycles. The van der Waals surface area contributed by atoms with Crippen LogP contribution in [0.4, 0.5) is 0 Å². The van der Waals surface area contributed by atoms with E-state index in [9.17, 15) is 18.0 Å². The van der Waals surface area contributed by atoms with Crippen LogP contribution in [0.25, 0.3) is 0 Å². The Morgan fingerprint density at radius 2 is 1.89 bits per heavy atom. The van der Waals surface area contributed by atoms with E-state index in [-0.39, 0.29) is 9.97 Å². The zero-order valence-corrected chi connectivity index (χ0v) is 16.7. The summed E-state index contributed by atoms with van der Waals surface area (Å²) in [6.07, 6.45) is 0. The van der Waals surface area contributed by atoms with Gasteiger partial charge in [0.05, 0.1) is 13.1 Å². The maximum atomic E-state index is 12.0. The molecule has 148 valence electrons. The summed E-state index contributed by atoms with van der Waals surface area (Å²) in [4.78, 5) is 25.9. The zero-order valence-electron chi connectivity index (χ0n) is 15.0. The second-order valence-corrected chi connectivity index (χ2v) is 8.43. The van der Waals surface area contributed by atoms with Crippen molar-refractivity contribution in [1.29, 1.82) is 0 Å². The lowest BCUT2D eigenvalue weighted by atomic mass is 10.4. The zero-order chi connectivity index (χ0) is 19.9. The lowest BCUT2D eigenvalue weighted by molar-refractivity contribution is -0.120. The summed E-state index contributed by atoms with van der Waals surface area (Å²) in [5, 5.41) is 1.62. The molecule has 0 unspecified atom stereocenters. The van der Waals surface area contributed by atoms with E-state index in [2.05, 4.69) is 20.5 Å². The van der Waals surface area contributed by atoms with Crippen molar-refractivity contribution in [2.24, 2.45) is 0 Å². The third kappa shape index (κ3) is 6.17. The van der Waals surface area contributed by atoms with Crippen LogP contribution < -0.4 is 15.6 Å². The number of carbonyl (C=O) groups is 2. The van der Waals surface area contributed by atoms with Crippen LogP contribution in [0, 0.1) is 0 Å². The number of nitrogens with zero attached hydrogens (tertiary/aromatic N) is 1. The van der Waals surface area contributed by atoms with Crippen molar-refractivity contribution in [2.45, 2.75) is 24.6 Å².